The monoisotopic (exact) mass is 403 g/mol. The molecule has 0 fully saturated rings. The van der Waals surface area contributed by atoms with E-state index >= 15 is 0 Å². The van der Waals surface area contributed by atoms with E-state index in [1.165, 1.54) is 6.42 Å². The van der Waals surface area contributed by atoms with Gasteiger partial charge in [0.15, 0.2) is 0 Å². The molecule has 0 rings (SSSR count). The molecule has 0 aromatic carbocycles. The van der Waals surface area contributed by atoms with Gasteiger partial charge in [0.05, 0.1) is 0 Å². The second kappa shape index (κ2) is 45.2. The van der Waals surface area contributed by atoms with Gasteiger partial charge in [-0.1, -0.05) is 27.7 Å². The summed E-state index contributed by atoms with van der Waals surface area (Å²) in [6, 6.07) is 0. The summed E-state index contributed by atoms with van der Waals surface area (Å²) in [5.74, 6) is 6.75. The Bertz CT molecular complexity index is 78.7. The summed E-state index contributed by atoms with van der Waals surface area (Å²) >= 11 is 1.58. The van der Waals surface area contributed by atoms with Crippen LogP contribution in [0.3, 0.4) is 0 Å². The van der Waals surface area contributed by atoms with Crippen LogP contribution in [0.15, 0.2) is 0 Å². The molecule has 0 unspecified atom stereocenters. The standard InChI is InChI=1S/C5H13N.C3H6.C2H6.CH5N2.CH3.W/c1-5(2)4-6-3;1-3-2;1-2;1-3-2;;/h5-6H,4H2,1-3H3;1H,3H2,2H3;1-2H3;2-3H,1H3;1H3;/q;;;2*-1;. The molecule has 0 aromatic rings. The number of nitrogens with one attached hydrogen (secondary N) is 3. The van der Waals surface area contributed by atoms with Crippen molar-refractivity contribution < 1.29 is 19.4 Å². The van der Waals surface area contributed by atoms with Gasteiger partial charge in [0.2, 0.25) is 0 Å². The minimum absolute atomic E-state index is 0. The van der Waals surface area contributed by atoms with Crippen LogP contribution in [0.25, 0.3) is 5.84 Å². The van der Waals surface area contributed by atoms with Gasteiger partial charge in [-0.3, -0.25) is 0 Å². The molecule has 0 bridgehead atoms. The zero-order valence-electron chi connectivity index (χ0n) is 12.5. The predicted molar refractivity (Wildman–Crippen MR) is 76.3 cm³/mol. The van der Waals surface area contributed by atoms with Crippen molar-refractivity contribution in [2.45, 2.75) is 41.0 Å². The second-order valence-corrected chi connectivity index (χ2v) is 3.97. The van der Waals surface area contributed by atoms with E-state index in [0.717, 1.165) is 12.5 Å². The van der Waals surface area contributed by atoms with E-state index in [1.54, 1.807) is 26.4 Å². The van der Waals surface area contributed by atoms with Crippen LogP contribution in [-0.2, 0) is 19.4 Å². The van der Waals surface area contributed by atoms with Gasteiger partial charge in [-0.15, -0.1) is 0 Å². The maximum Gasteiger partial charge on any atom is -0.00288 e. The van der Waals surface area contributed by atoms with Crippen molar-refractivity contribution in [3.8, 4) is 0 Å². The Morgan fingerprint density at radius 2 is 1.50 bits per heavy atom. The molecule has 0 aliphatic carbocycles. The van der Waals surface area contributed by atoms with Crippen LogP contribution in [-0.4, -0.2) is 25.0 Å². The molecule has 3 N–H and O–H groups in total. The zero-order chi connectivity index (χ0) is 13.1. The van der Waals surface area contributed by atoms with Gasteiger partial charge < -0.3 is 24.0 Å². The molecule has 0 aliphatic heterocycles. The van der Waals surface area contributed by atoms with Gasteiger partial charge in [0.1, 0.15) is 0 Å². The number of hydrogen-bond donors (Lipinski definition) is 2. The summed E-state index contributed by atoms with van der Waals surface area (Å²) in [4.78, 5) is 0. The van der Waals surface area contributed by atoms with Crippen LogP contribution in [0.5, 0.6) is 0 Å². The molecule has 0 heterocycles. The van der Waals surface area contributed by atoms with Gasteiger partial charge in [-0.2, -0.15) is 0 Å². The van der Waals surface area contributed by atoms with Crippen molar-refractivity contribution in [1.29, 1.82) is 0 Å². The average molecular weight is 403 g/mol. The first-order valence-corrected chi connectivity index (χ1v) is 7.21. The summed E-state index contributed by atoms with van der Waals surface area (Å²) in [6.45, 7) is 11.7. The Morgan fingerprint density at radius 3 is 1.50 bits per heavy atom. The molecule has 104 valence electrons. The van der Waals surface area contributed by atoms with Gasteiger partial charge in [-0.25, -0.2) is 0 Å². The fraction of sp³-hybridized carbons (Fsp3) is 0.833. The molecule has 16 heavy (non-hydrogen) atoms. The number of rotatable bonds is 3. The fourth-order valence-corrected chi connectivity index (χ4v) is 0.408. The Hall–Kier alpha value is 0.438. The topological polar surface area (TPSA) is 47.9 Å². The summed E-state index contributed by atoms with van der Waals surface area (Å²) in [5, 5.41) is 3.07. The van der Waals surface area contributed by atoms with Gasteiger partial charge in [0.25, 0.3) is 0 Å². The van der Waals surface area contributed by atoms with Crippen molar-refractivity contribution in [2.75, 3.05) is 20.6 Å². The first-order chi connectivity index (χ1) is 7.10. The molecule has 0 radical (unpaired) electrons. The third-order valence-corrected chi connectivity index (χ3v) is 1.98. The van der Waals surface area contributed by atoms with E-state index in [1.807, 2.05) is 26.3 Å². The molecule has 0 saturated carbocycles. The van der Waals surface area contributed by atoms with Crippen molar-refractivity contribution >= 4 is 4.40 Å². The van der Waals surface area contributed by atoms with E-state index in [4.69, 9.17) is 5.84 Å². The van der Waals surface area contributed by atoms with Crippen LogP contribution in [0, 0.1) is 13.3 Å². The predicted octanol–water partition coefficient (Wildman–Crippen LogP) is 3.26. The van der Waals surface area contributed by atoms with E-state index in [2.05, 4.69) is 30.5 Å². The molecule has 3 nitrogen and oxygen atoms in total. The minimum atomic E-state index is 0. The first kappa shape index (κ1) is 29.9. The van der Waals surface area contributed by atoms with Crippen LogP contribution in [0.1, 0.15) is 41.0 Å². The second-order valence-electron chi connectivity index (χ2n) is 2.78. The summed E-state index contributed by atoms with van der Waals surface area (Å²) in [5.41, 5.74) is 2.00. The third kappa shape index (κ3) is 132. The van der Waals surface area contributed by atoms with E-state index in [9.17, 15) is 0 Å². The zero-order valence-corrected chi connectivity index (χ0v) is 15.4. The van der Waals surface area contributed by atoms with Crippen LogP contribution >= 0.6 is 0 Å². The van der Waals surface area contributed by atoms with Crippen molar-refractivity contribution in [3.63, 3.8) is 0 Å². The maximum absolute atomic E-state index is 5.96. The minimum Gasteiger partial charge on any atom is -0.613 e. The summed E-state index contributed by atoms with van der Waals surface area (Å²) in [6.07, 6.45) is 1.23. The van der Waals surface area contributed by atoms with Gasteiger partial charge >= 0.3 is 37.1 Å². The molecule has 4 heteroatoms. The SMILES string of the molecule is CC.CC[CH]=[W].CNCC(C)C.CN[NH-].[CH3-]. The Morgan fingerprint density at radius 1 is 1.25 bits per heavy atom. The molecule has 0 amide bonds. The first-order valence-electron chi connectivity index (χ1n) is 5.52. The Labute approximate surface area is 115 Å². The average Bonchev–Trinajstić information content (AvgIpc) is 2.22. The Kier molecular flexibility index (Phi) is 84.6. The molecule has 0 aromatic heterocycles. The maximum atomic E-state index is 5.96. The van der Waals surface area contributed by atoms with Crippen LogP contribution in [0.4, 0.5) is 0 Å². The normalized spacial score (nSPS) is 6.81. The van der Waals surface area contributed by atoms with E-state index in [-0.39, 0.29) is 7.43 Å². The molecule has 0 saturated heterocycles. The fourth-order valence-electron chi connectivity index (χ4n) is 0.408. The number of hydrogen-bond acceptors (Lipinski definition) is 2. The summed E-state index contributed by atoms with van der Waals surface area (Å²) < 4.78 is 2.21. The molecular weight excluding hydrogens is 370 g/mol. The smallest absolute Gasteiger partial charge is 0.00288 e. The van der Waals surface area contributed by atoms with Gasteiger partial charge in [-0.05, 0) is 26.6 Å². The molecule has 0 spiro atoms. The van der Waals surface area contributed by atoms with Crippen LogP contribution < -0.4 is 10.7 Å². The summed E-state index contributed by atoms with van der Waals surface area (Å²) in [7, 11) is 3.51. The third-order valence-electron chi connectivity index (χ3n) is 0.779. The van der Waals surface area contributed by atoms with Crippen molar-refractivity contribution in [3.05, 3.63) is 13.3 Å². The van der Waals surface area contributed by atoms with Crippen molar-refractivity contribution in [1.82, 2.24) is 10.7 Å². The van der Waals surface area contributed by atoms with E-state index in [0.29, 0.717) is 0 Å². The van der Waals surface area contributed by atoms with E-state index < -0.39 is 0 Å². The van der Waals surface area contributed by atoms with Crippen LogP contribution in [0.2, 0.25) is 0 Å². The quantitative estimate of drug-likeness (QED) is 0.562. The largest absolute Gasteiger partial charge is 0.613 e. The molecule has 0 aliphatic rings. The Balaban J connectivity index is -0.0000000358. The molecule has 0 atom stereocenters. The molecular formula is C12H33N3W-2. The van der Waals surface area contributed by atoms with Crippen molar-refractivity contribution in [2.24, 2.45) is 5.92 Å². The van der Waals surface area contributed by atoms with Gasteiger partial charge in [0, 0.05) is 0 Å².